The number of thiophene rings is 1. The lowest BCUT2D eigenvalue weighted by molar-refractivity contribution is -0.113. The zero-order chi connectivity index (χ0) is 24.0. The predicted octanol–water partition coefficient (Wildman–Crippen LogP) is 4.75. The van der Waals surface area contributed by atoms with E-state index in [1.807, 2.05) is 0 Å². The van der Waals surface area contributed by atoms with E-state index in [0.717, 1.165) is 34.9 Å². The number of aromatic amines is 1. The van der Waals surface area contributed by atoms with Gasteiger partial charge in [0, 0.05) is 5.41 Å². The zero-order valence-corrected chi connectivity index (χ0v) is 21.4. The van der Waals surface area contributed by atoms with Crippen molar-refractivity contribution in [2.24, 2.45) is 17.8 Å². The van der Waals surface area contributed by atoms with Crippen LogP contribution in [0.3, 0.4) is 0 Å². The Balaban J connectivity index is 1.25. The van der Waals surface area contributed by atoms with Crippen LogP contribution in [0.25, 0.3) is 0 Å². The molecule has 2 aromatic heterocycles. The number of nitrogens with one attached hydrogen (secondary N) is 2. The van der Waals surface area contributed by atoms with Crippen LogP contribution in [0.15, 0.2) is 5.16 Å². The fourth-order valence-electron chi connectivity index (χ4n) is 6.63. The standard InChI is InChI=1S/C24H30N4O4S2/c1-4-32-21(31)18-12(2)19(13(3)29)34-20(18)25-17(30)11-33-23-26-22(27-28-23)24-8-14-5-15(9-24)7-16(6-14)10-24/h14-16H,4-11H2,1-3H3,(H,25,30)(H,26,27,28). The summed E-state index contributed by atoms with van der Waals surface area (Å²) in [5, 5.41) is 11.3. The van der Waals surface area contributed by atoms with E-state index in [1.165, 1.54) is 57.2 Å². The monoisotopic (exact) mass is 502 g/mol. The average molecular weight is 503 g/mol. The van der Waals surface area contributed by atoms with E-state index < -0.39 is 5.97 Å². The fourth-order valence-corrected chi connectivity index (χ4v) is 8.33. The number of rotatable bonds is 8. The Morgan fingerprint density at radius 3 is 2.41 bits per heavy atom. The Bertz CT molecular complexity index is 1100. The van der Waals surface area contributed by atoms with Crippen molar-refractivity contribution in [2.75, 3.05) is 17.7 Å². The quantitative estimate of drug-likeness (QED) is 0.304. The third-order valence-electron chi connectivity index (χ3n) is 7.54. The summed E-state index contributed by atoms with van der Waals surface area (Å²) in [7, 11) is 0. The molecule has 34 heavy (non-hydrogen) atoms. The lowest BCUT2D eigenvalue weighted by Gasteiger charge is -2.55. The molecule has 1 amide bonds. The van der Waals surface area contributed by atoms with Crippen LogP contribution in [-0.2, 0) is 14.9 Å². The number of hydrogen-bond acceptors (Lipinski definition) is 8. The van der Waals surface area contributed by atoms with Crippen molar-refractivity contribution in [3.63, 3.8) is 0 Å². The van der Waals surface area contributed by atoms with Gasteiger partial charge in [0.1, 0.15) is 10.8 Å². The maximum atomic E-state index is 12.7. The molecule has 4 aliphatic carbocycles. The first-order valence-electron chi connectivity index (χ1n) is 11.9. The van der Waals surface area contributed by atoms with Crippen LogP contribution in [-0.4, -0.2) is 45.2 Å². The maximum absolute atomic E-state index is 12.7. The number of thioether (sulfide) groups is 1. The van der Waals surface area contributed by atoms with Crippen molar-refractivity contribution >= 4 is 45.8 Å². The molecule has 0 atom stereocenters. The molecular weight excluding hydrogens is 472 g/mol. The molecule has 4 fully saturated rings. The van der Waals surface area contributed by atoms with Gasteiger partial charge in [-0.1, -0.05) is 11.8 Å². The van der Waals surface area contributed by atoms with Gasteiger partial charge in [0.2, 0.25) is 11.1 Å². The van der Waals surface area contributed by atoms with Gasteiger partial charge in [-0.25, -0.2) is 9.78 Å². The number of esters is 1. The highest BCUT2D eigenvalue weighted by Gasteiger charge is 2.53. The van der Waals surface area contributed by atoms with Crippen molar-refractivity contribution < 1.29 is 19.1 Å². The molecule has 10 heteroatoms. The molecule has 2 aromatic rings. The Morgan fingerprint density at radius 1 is 1.18 bits per heavy atom. The molecule has 182 valence electrons. The van der Waals surface area contributed by atoms with Crippen LogP contribution in [0, 0.1) is 24.7 Å². The van der Waals surface area contributed by atoms with Gasteiger partial charge in [-0.3, -0.25) is 14.7 Å². The molecule has 2 heterocycles. The SMILES string of the molecule is CCOC(=O)c1c(NC(=O)CSc2n[nH]c(C34CC5CC(CC(C5)C3)C4)n2)sc(C(C)=O)c1C. The van der Waals surface area contributed by atoms with Crippen LogP contribution >= 0.6 is 23.1 Å². The smallest absolute Gasteiger partial charge is 0.341 e. The summed E-state index contributed by atoms with van der Waals surface area (Å²) in [4.78, 5) is 42.3. The number of carbonyl (C=O) groups excluding carboxylic acids is 3. The summed E-state index contributed by atoms with van der Waals surface area (Å²) < 4.78 is 5.13. The first-order valence-corrected chi connectivity index (χ1v) is 13.7. The lowest BCUT2D eigenvalue weighted by atomic mass is 9.49. The van der Waals surface area contributed by atoms with E-state index in [9.17, 15) is 14.4 Å². The van der Waals surface area contributed by atoms with E-state index >= 15 is 0 Å². The summed E-state index contributed by atoms with van der Waals surface area (Å²) >= 11 is 2.38. The van der Waals surface area contributed by atoms with E-state index in [-0.39, 0.29) is 35.0 Å². The van der Waals surface area contributed by atoms with Gasteiger partial charge in [-0.05, 0) is 82.6 Å². The number of Topliss-reactive ketones (excluding diaryl/α,β-unsaturated/α-hetero) is 1. The number of aromatic nitrogens is 3. The first kappa shape index (κ1) is 23.5. The van der Waals surface area contributed by atoms with Crippen LogP contribution < -0.4 is 5.32 Å². The van der Waals surface area contributed by atoms with Gasteiger partial charge < -0.3 is 10.1 Å². The minimum atomic E-state index is -0.541. The number of anilines is 1. The van der Waals surface area contributed by atoms with Crippen molar-refractivity contribution in [1.82, 2.24) is 15.2 Å². The summed E-state index contributed by atoms with van der Waals surface area (Å²) in [6, 6.07) is 0. The molecule has 0 aliphatic heterocycles. The summed E-state index contributed by atoms with van der Waals surface area (Å²) in [5.41, 5.74) is 0.917. The first-order chi connectivity index (χ1) is 16.3. The number of hydrogen-bond donors (Lipinski definition) is 2. The molecule has 8 nitrogen and oxygen atoms in total. The molecular formula is C24H30N4O4S2. The van der Waals surface area contributed by atoms with Gasteiger partial charge in [-0.15, -0.1) is 16.4 Å². The van der Waals surface area contributed by atoms with Crippen LogP contribution in [0.4, 0.5) is 5.00 Å². The van der Waals surface area contributed by atoms with Crippen LogP contribution in [0.2, 0.25) is 0 Å². The number of nitrogens with zero attached hydrogens (tertiary/aromatic N) is 2. The second-order valence-electron chi connectivity index (χ2n) is 10.0. The van der Waals surface area contributed by atoms with Crippen LogP contribution in [0.1, 0.15) is 83.8 Å². The molecule has 4 aliphatic rings. The highest BCUT2D eigenvalue weighted by Crippen LogP contribution is 2.60. The minimum Gasteiger partial charge on any atom is -0.462 e. The van der Waals surface area contributed by atoms with Gasteiger partial charge in [0.15, 0.2) is 5.78 Å². The molecule has 4 saturated carbocycles. The second kappa shape index (κ2) is 9.11. The largest absolute Gasteiger partial charge is 0.462 e. The Kier molecular flexibility index (Phi) is 6.31. The molecule has 0 unspecified atom stereocenters. The average Bonchev–Trinajstić information content (AvgIpc) is 3.37. The van der Waals surface area contributed by atoms with Crippen molar-refractivity contribution in [2.45, 2.75) is 69.9 Å². The van der Waals surface area contributed by atoms with E-state index in [0.29, 0.717) is 20.6 Å². The lowest BCUT2D eigenvalue weighted by Crippen LogP contribution is -2.49. The summed E-state index contributed by atoms with van der Waals surface area (Å²) in [6.45, 7) is 5.07. The van der Waals surface area contributed by atoms with Crippen molar-refractivity contribution in [1.29, 1.82) is 0 Å². The van der Waals surface area contributed by atoms with Gasteiger partial charge >= 0.3 is 5.97 Å². The fraction of sp³-hybridized carbons (Fsp3) is 0.625. The molecule has 6 rings (SSSR count). The molecule has 0 saturated heterocycles. The Labute approximate surface area is 207 Å². The molecule has 0 aromatic carbocycles. The van der Waals surface area contributed by atoms with Crippen LogP contribution in [0.5, 0.6) is 0 Å². The second-order valence-corrected chi connectivity index (χ2v) is 12.0. The van der Waals surface area contributed by atoms with Gasteiger partial charge in [-0.2, -0.15) is 0 Å². The highest BCUT2D eigenvalue weighted by molar-refractivity contribution is 7.99. The predicted molar refractivity (Wildman–Crippen MR) is 131 cm³/mol. The maximum Gasteiger partial charge on any atom is 0.341 e. The van der Waals surface area contributed by atoms with Crippen molar-refractivity contribution in [3.05, 3.63) is 21.8 Å². The Hall–Kier alpha value is -2.20. The summed E-state index contributed by atoms with van der Waals surface area (Å²) in [6.07, 6.45) is 7.71. The molecule has 4 bridgehead atoms. The number of ketones is 1. The Morgan fingerprint density at radius 2 is 1.82 bits per heavy atom. The topological polar surface area (TPSA) is 114 Å². The molecule has 2 N–H and O–H groups in total. The number of H-pyrrole nitrogens is 1. The zero-order valence-electron chi connectivity index (χ0n) is 19.7. The molecule has 0 radical (unpaired) electrons. The van der Waals surface area contributed by atoms with Gasteiger partial charge in [0.25, 0.3) is 0 Å². The third-order valence-corrected chi connectivity index (χ3v) is 9.69. The van der Waals surface area contributed by atoms with E-state index in [4.69, 9.17) is 9.72 Å². The number of ether oxygens (including phenoxy) is 1. The highest BCUT2D eigenvalue weighted by atomic mass is 32.2. The summed E-state index contributed by atoms with van der Waals surface area (Å²) in [5.74, 6) is 2.57. The number of carbonyl (C=O) groups is 3. The number of amides is 1. The normalized spacial score (nSPS) is 27.1. The van der Waals surface area contributed by atoms with E-state index in [1.54, 1.807) is 13.8 Å². The van der Waals surface area contributed by atoms with E-state index in [2.05, 4.69) is 15.5 Å². The van der Waals surface area contributed by atoms with Crippen molar-refractivity contribution in [3.8, 4) is 0 Å². The van der Waals surface area contributed by atoms with Gasteiger partial charge in [0.05, 0.1) is 22.8 Å². The molecule has 0 spiro atoms. The minimum absolute atomic E-state index is 0.104. The third kappa shape index (κ3) is 4.30.